The van der Waals surface area contributed by atoms with Crippen LogP contribution in [0, 0.1) is 5.92 Å². The van der Waals surface area contributed by atoms with E-state index in [1.54, 1.807) is 0 Å². The topological polar surface area (TPSA) is 98.8 Å². The molecule has 0 unspecified atom stereocenters. The standard InChI is InChI=1S/C11H21NO6S/c1-7(2)6-9(11(14)17-4)12-10(13)8(3)18-19(5,15)16/h7-9H,6H2,1-5H3,(H,12,13)/t8-,9+/m1/s1. The Labute approximate surface area is 113 Å². The molecule has 19 heavy (non-hydrogen) atoms. The number of hydrogen-bond acceptors (Lipinski definition) is 6. The van der Waals surface area contributed by atoms with Crippen LogP contribution in [0.25, 0.3) is 0 Å². The van der Waals surface area contributed by atoms with Gasteiger partial charge in [-0.05, 0) is 19.3 Å². The lowest BCUT2D eigenvalue weighted by Crippen LogP contribution is -2.46. The van der Waals surface area contributed by atoms with Crippen LogP contribution in [0.4, 0.5) is 0 Å². The number of carbonyl (C=O) groups excluding carboxylic acids is 2. The molecule has 0 aromatic heterocycles. The van der Waals surface area contributed by atoms with E-state index in [0.29, 0.717) is 6.42 Å². The van der Waals surface area contributed by atoms with Gasteiger partial charge in [-0.2, -0.15) is 8.42 Å². The third-order valence-electron chi connectivity index (χ3n) is 2.20. The van der Waals surface area contributed by atoms with Crippen molar-refractivity contribution >= 4 is 22.0 Å². The Balaban J connectivity index is 4.66. The third-order valence-corrected chi connectivity index (χ3v) is 2.84. The van der Waals surface area contributed by atoms with E-state index in [-0.39, 0.29) is 5.92 Å². The first kappa shape index (κ1) is 17.8. The number of nitrogens with one attached hydrogen (secondary N) is 1. The fraction of sp³-hybridized carbons (Fsp3) is 0.818. The van der Waals surface area contributed by atoms with Crippen LogP contribution in [0.5, 0.6) is 0 Å². The van der Waals surface area contributed by atoms with E-state index in [9.17, 15) is 18.0 Å². The summed E-state index contributed by atoms with van der Waals surface area (Å²) >= 11 is 0. The molecule has 2 atom stereocenters. The number of hydrogen-bond donors (Lipinski definition) is 1. The Morgan fingerprint density at radius 2 is 1.74 bits per heavy atom. The van der Waals surface area contributed by atoms with Gasteiger partial charge < -0.3 is 10.1 Å². The molecule has 0 aromatic carbocycles. The maximum atomic E-state index is 11.7. The SMILES string of the molecule is COC(=O)[C@H](CC(C)C)NC(=O)[C@@H](C)OS(C)(=O)=O. The van der Waals surface area contributed by atoms with E-state index in [1.807, 2.05) is 13.8 Å². The van der Waals surface area contributed by atoms with E-state index < -0.39 is 34.1 Å². The van der Waals surface area contributed by atoms with Crippen LogP contribution in [0.3, 0.4) is 0 Å². The van der Waals surface area contributed by atoms with Crippen LogP contribution in [0.1, 0.15) is 27.2 Å². The molecule has 0 aliphatic rings. The van der Waals surface area contributed by atoms with Crippen molar-refractivity contribution in [2.45, 2.75) is 39.3 Å². The Morgan fingerprint density at radius 3 is 2.11 bits per heavy atom. The van der Waals surface area contributed by atoms with Gasteiger partial charge in [-0.3, -0.25) is 8.98 Å². The zero-order valence-electron chi connectivity index (χ0n) is 11.8. The first-order valence-electron chi connectivity index (χ1n) is 5.83. The zero-order valence-corrected chi connectivity index (χ0v) is 12.6. The molecule has 0 saturated heterocycles. The highest BCUT2D eigenvalue weighted by Gasteiger charge is 2.26. The lowest BCUT2D eigenvalue weighted by Gasteiger charge is -2.20. The van der Waals surface area contributed by atoms with Crippen LogP contribution in [-0.2, 0) is 28.6 Å². The maximum Gasteiger partial charge on any atom is 0.328 e. The molecule has 0 spiro atoms. The van der Waals surface area contributed by atoms with Crippen molar-refractivity contribution in [3.63, 3.8) is 0 Å². The van der Waals surface area contributed by atoms with Gasteiger partial charge in [0.05, 0.1) is 13.4 Å². The Morgan fingerprint density at radius 1 is 1.21 bits per heavy atom. The molecule has 8 heteroatoms. The molecule has 0 aliphatic carbocycles. The second kappa shape index (κ2) is 7.44. The van der Waals surface area contributed by atoms with E-state index in [1.165, 1.54) is 14.0 Å². The molecular formula is C11H21NO6S. The molecule has 112 valence electrons. The molecule has 1 amide bonds. The molecule has 0 fully saturated rings. The van der Waals surface area contributed by atoms with Gasteiger partial charge in [-0.15, -0.1) is 0 Å². The maximum absolute atomic E-state index is 11.7. The van der Waals surface area contributed by atoms with Crippen LogP contribution in [-0.4, -0.2) is 45.8 Å². The molecule has 0 heterocycles. The van der Waals surface area contributed by atoms with Crippen molar-refractivity contribution in [3.05, 3.63) is 0 Å². The molecular weight excluding hydrogens is 274 g/mol. The Bertz CT molecular complexity index is 417. The quantitative estimate of drug-likeness (QED) is 0.526. The normalized spacial score (nSPS) is 14.8. The molecule has 0 bridgehead atoms. The fourth-order valence-corrected chi connectivity index (χ4v) is 2.03. The van der Waals surface area contributed by atoms with Crippen molar-refractivity contribution in [1.82, 2.24) is 5.32 Å². The van der Waals surface area contributed by atoms with Gasteiger partial charge in [0.2, 0.25) is 0 Å². The van der Waals surface area contributed by atoms with Gasteiger partial charge in [-0.1, -0.05) is 13.8 Å². The van der Waals surface area contributed by atoms with Crippen molar-refractivity contribution < 1.29 is 26.9 Å². The molecule has 0 aromatic rings. The number of amides is 1. The van der Waals surface area contributed by atoms with Gasteiger partial charge in [0, 0.05) is 0 Å². The first-order valence-corrected chi connectivity index (χ1v) is 7.65. The lowest BCUT2D eigenvalue weighted by molar-refractivity contribution is -0.146. The second-order valence-electron chi connectivity index (χ2n) is 4.66. The summed E-state index contributed by atoms with van der Waals surface area (Å²) in [5, 5.41) is 2.42. The van der Waals surface area contributed by atoms with E-state index in [2.05, 4.69) is 14.2 Å². The average molecular weight is 295 g/mol. The van der Waals surface area contributed by atoms with Gasteiger partial charge in [0.15, 0.2) is 6.10 Å². The fourth-order valence-electron chi connectivity index (χ4n) is 1.42. The largest absolute Gasteiger partial charge is 0.467 e. The molecule has 0 saturated carbocycles. The second-order valence-corrected chi connectivity index (χ2v) is 6.26. The van der Waals surface area contributed by atoms with Gasteiger partial charge in [0.1, 0.15) is 6.04 Å². The molecule has 0 radical (unpaired) electrons. The predicted molar refractivity (Wildman–Crippen MR) is 68.8 cm³/mol. The lowest BCUT2D eigenvalue weighted by atomic mass is 10.0. The Kier molecular flexibility index (Phi) is 6.99. The minimum atomic E-state index is -3.73. The van der Waals surface area contributed by atoms with Gasteiger partial charge >= 0.3 is 5.97 Å². The van der Waals surface area contributed by atoms with Crippen molar-refractivity contribution in [1.29, 1.82) is 0 Å². The highest BCUT2D eigenvalue weighted by molar-refractivity contribution is 7.86. The summed E-state index contributed by atoms with van der Waals surface area (Å²) in [6.45, 7) is 5.07. The summed E-state index contributed by atoms with van der Waals surface area (Å²) in [5.74, 6) is -1.09. The number of carbonyl (C=O) groups is 2. The summed E-state index contributed by atoms with van der Waals surface area (Å²) in [4.78, 5) is 23.2. The predicted octanol–water partition coefficient (Wildman–Crippen LogP) is 0.0550. The van der Waals surface area contributed by atoms with Gasteiger partial charge in [0.25, 0.3) is 16.0 Å². The zero-order chi connectivity index (χ0) is 15.2. The van der Waals surface area contributed by atoms with Crippen LogP contribution in [0.2, 0.25) is 0 Å². The van der Waals surface area contributed by atoms with Crippen LogP contribution in [0.15, 0.2) is 0 Å². The van der Waals surface area contributed by atoms with Crippen molar-refractivity contribution in [2.75, 3.05) is 13.4 Å². The van der Waals surface area contributed by atoms with Crippen molar-refractivity contribution in [3.8, 4) is 0 Å². The summed E-state index contributed by atoms with van der Waals surface area (Å²) < 4.78 is 30.9. The minimum Gasteiger partial charge on any atom is -0.467 e. The summed E-state index contributed by atoms with van der Waals surface area (Å²) in [7, 11) is -2.51. The molecule has 0 aliphatic heterocycles. The highest BCUT2D eigenvalue weighted by Crippen LogP contribution is 2.07. The average Bonchev–Trinajstić information content (AvgIpc) is 2.23. The number of methoxy groups -OCH3 is 1. The number of esters is 1. The molecule has 7 nitrogen and oxygen atoms in total. The van der Waals surface area contributed by atoms with E-state index >= 15 is 0 Å². The monoisotopic (exact) mass is 295 g/mol. The van der Waals surface area contributed by atoms with Crippen LogP contribution >= 0.6 is 0 Å². The smallest absolute Gasteiger partial charge is 0.328 e. The van der Waals surface area contributed by atoms with E-state index in [4.69, 9.17) is 0 Å². The molecule has 0 rings (SSSR count). The minimum absolute atomic E-state index is 0.163. The molecule has 1 N–H and O–H groups in total. The van der Waals surface area contributed by atoms with Crippen molar-refractivity contribution in [2.24, 2.45) is 5.92 Å². The highest BCUT2D eigenvalue weighted by atomic mass is 32.2. The first-order chi connectivity index (χ1) is 8.56. The summed E-state index contributed by atoms with van der Waals surface area (Å²) in [5.41, 5.74) is 0. The van der Waals surface area contributed by atoms with Crippen LogP contribution < -0.4 is 5.32 Å². The number of ether oxygens (including phenoxy) is 1. The summed E-state index contributed by atoms with van der Waals surface area (Å²) in [6, 6.07) is -0.817. The van der Waals surface area contributed by atoms with E-state index in [0.717, 1.165) is 6.26 Å². The van der Waals surface area contributed by atoms with Gasteiger partial charge in [-0.25, -0.2) is 4.79 Å². The third kappa shape index (κ3) is 7.78. The Hall–Kier alpha value is -1.15. The summed E-state index contributed by atoms with van der Waals surface area (Å²) in [6.07, 6.45) is 0.0430. The number of rotatable bonds is 7.